The zero-order valence-electron chi connectivity index (χ0n) is 7.53. The van der Waals surface area contributed by atoms with E-state index in [4.69, 9.17) is 10.8 Å². The van der Waals surface area contributed by atoms with E-state index in [1.54, 1.807) is 12.4 Å². The second kappa shape index (κ2) is 4.09. The molecule has 0 fully saturated rings. The first-order valence-electron chi connectivity index (χ1n) is 4.21. The predicted molar refractivity (Wildman–Crippen MR) is 49.1 cm³/mol. The van der Waals surface area contributed by atoms with E-state index in [1.807, 2.05) is 13.0 Å². The number of rotatable bonds is 4. The average Bonchev–Trinajstić information content (AvgIpc) is 2.53. The zero-order valence-corrected chi connectivity index (χ0v) is 7.53. The second-order valence-corrected chi connectivity index (χ2v) is 3.25. The summed E-state index contributed by atoms with van der Waals surface area (Å²) in [4.78, 5) is 13.3. The minimum absolute atomic E-state index is 0.0479. The van der Waals surface area contributed by atoms with Crippen molar-refractivity contribution in [1.29, 1.82) is 0 Å². The van der Waals surface area contributed by atoms with Gasteiger partial charge in [0.1, 0.15) is 0 Å². The number of carbonyl (C=O) groups is 1. The number of aliphatic carboxylic acids is 1. The van der Waals surface area contributed by atoms with E-state index in [0.29, 0.717) is 0 Å². The Kier molecular flexibility index (Phi) is 3.08. The molecule has 4 heteroatoms. The molecule has 0 bridgehead atoms. The van der Waals surface area contributed by atoms with Gasteiger partial charge in [-0.05, 0) is 17.5 Å². The van der Waals surface area contributed by atoms with Crippen LogP contribution in [0.25, 0.3) is 0 Å². The lowest BCUT2D eigenvalue weighted by atomic mass is 9.95. The van der Waals surface area contributed by atoms with Gasteiger partial charge in [0.05, 0.1) is 0 Å². The molecule has 1 heterocycles. The number of nitrogens with two attached hydrogens (primary N) is 1. The van der Waals surface area contributed by atoms with Crippen LogP contribution in [-0.4, -0.2) is 16.1 Å². The van der Waals surface area contributed by atoms with Gasteiger partial charge in [0.25, 0.3) is 0 Å². The summed E-state index contributed by atoms with van der Waals surface area (Å²) >= 11 is 0. The van der Waals surface area contributed by atoms with Gasteiger partial charge < -0.3 is 15.8 Å². The molecule has 0 saturated heterocycles. The summed E-state index contributed by atoms with van der Waals surface area (Å²) in [7, 11) is 0. The Morgan fingerprint density at radius 3 is 2.92 bits per heavy atom. The van der Waals surface area contributed by atoms with E-state index in [9.17, 15) is 4.79 Å². The van der Waals surface area contributed by atoms with Crippen LogP contribution >= 0.6 is 0 Å². The Morgan fingerprint density at radius 2 is 2.46 bits per heavy atom. The van der Waals surface area contributed by atoms with Gasteiger partial charge in [0.15, 0.2) is 0 Å². The standard InChI is InChI=1S/C9H14N2O2/c1-6(4-8(12)13)9(10)7-2-3-11-5-7/h2-3,5-6,9,11H,4,10H2,1H3,(H,12,13). The fraction of sp³-hybridized carbons (Fsp3) is 0.444. The largest absolute Gasteiger partial charge is 0.481 e. The number of nitrogens with one attached hydrogen (secondary N) is 1. The molecule has 0 aromatic carbocycles. The summed E-state index contributed by atoms with van der Waals surface area (Å²) in [5.74, 6) is -0.855. The van der Waals surface area contributed by atoms with E-state index in [2.05, 4.69) is 4.98 Å². The molecule has 0 saturated carbocycles. The Hall–Kier alpha value is -1.29. The maximum absolute atomic E-state index is 10.4. The first-order chi connectivity index (χ1) is 6.11. The Labute approximate surface area is 76.8 Å². The molecule has 4 N–H and O–H groups in total. The highest BCUT2D eigenvalue weighted by atomic mass is 16.4. The fourth-order valence-corrected chi connectivity index (χ4v) is 1.28. The predicted octanol–water partition coefficient (Wildman–Crippen LogP) is 1.13. The van der Waals surface area contributed by atoms with Gasteiger partial charge in [0.2, 0.25) is 0 Å². The molecule has 0 aliphatic heterocycles. The lowest BCUT2D eigenvalue weighted by Crippen LogP contribution is -2.21. The van der Waals surface area contributed by atoms with Crippen molar-refractivity contribution in [2.24, 2.45) is 11.7 Å². The van der Waals surface area contributed by atoms with E-state index >= 15 is 0 Å². The molecular formula is C9H14N2O2. The summed E-state index contributed by atoms with van der Waals surface area (Å²) in [6, 6.07) is 1.66. The van der Waals surface area contributed by atoms with Crippen LogP contribution in [0.5, 0.6) is 0 Å². The Balaban J connectivity index is 2.57. The van der Waals surface area contributed by atoms with Crippen LogP contribution in [0.3, 0.4) is 0 Å². The molecule has 0 amide bonds. The minimum Gasteiger partial charge on any atom is -0.481 e. The van der Waals surface area contributed by atoms with Gasteiger partial charge in [-0.15, -0.1) is 0 Å². The van der Waals surface area contributed by atoms with Crippen molar-refractivity contribution >= 4 is 5.97 Å². The highest BCUT2D eigenvalue weighted by molar-refractivity contribution is 5.67. The van der Waals surface area contributed by atoms with Crippen molar-refractivity contribution in [3.63, 3.8) is 0 Å². The maximum atomic E-state index is 10.4. The van der Waals surface area contributed by atoms with Crippen LogP contribution in [0.2, 0.25) is 0 Å². The molecule has 13 heavy (non-hydrogen) atoms. The molecular weight excluding hydrogens is 168 g/mol. The van der Waals surface area contributed by atoms with Gasteiger partial charge in [0, 0.05) is 24.9 Å². The third-order valence-electron chi connectivity index (χ3n) is 2.12. The molecule has 0 aliphatic rings. The van der Waals surface area contributed by atoms with Crippen LogP contribution in [0.15, 0.2) is 18.5 Å². The summed E-state index contributed by atoms with van der Waals surface area (Å²) in [6.45, 7) is 1.84. The smallest absolute Gasteiger partial charge is 0.303 e. The Morgan fingerprint density at radius 1 is 1.77 bits per heavy atom. The first-order valence-corrected chi connectivity index (χ1v) is 4.21. The quantitative estimate of drug-likeness (QED) is 0.653. The summed E-state index contributed by atoms with van der Waals surface area (Å²) in [6.07, 6.45) is 3.68. The van der Waals surface area contributed by atoms with Gasteiger partial charge in [-0.3, -0.25) is 4.79 Å². The van der Waals surface area contributed by atoms with Crippen LogP contribution in [0.4, 0.5) is 0 Å². The normalized spacial score (nSPS) is 15.2. The number of carboxylic acid groups (broad SMARTS) is 1. The molecule has 72 valence electrons. The lowest BCUT2D eigenvalue weighted by Gasteiger charge is -2.16. The lowest BCUT2D eigenvalue weighted by molar-refractivity contribution is -0.138. The molecule has 2 unspecified atom stereocenters. The van der Waals surface area contributed by atoms with Crippen molar-refractivity contribution in [1.82, 2.24) is 4.98 Å². The molecule has 1 aromatic heterocycles. The molecule has 4 nitrogen and oxygen atoms in total. The van der Waals surface area contributed by atoms with Crippen LogP contribution in [-0.2, 0) is 4.79 Å². The van der Waals surface area contributed by atoms with E-state index < -0.39 is 5.97 Å². The van der Waals surface area contributed by atoms with Crippen LogP contribution < -0.4 is 5.73 Å². The third kappa shape index (κ3) is 2.59. The van der Waals surface area contributed by atoms with Crippen molar-refractivity contribution < 1.29 is 9.90 Å². The highest BCUT2D eigenvalue weighted by Gasteiger charge is 2.17. The van der Waals surface area contributed by atoms with E-state index in [1.165, 1.54) is 0 Å². The summed E-state index contributed by atoms with van der Waals surface area (Å²) in [5, 5.41) is 8.57. The van der Waals surface area contributed by atoms with Crippen LogP contribution in [0, 0.1) is 5.92 Å². The monoisotopic (exact) mass is 182 g/mol. The molecule has 0 spiro atoms. The number of aromatic nitrogens is 1. The van der Waals surface area contributed by atoms with Crippen molar-refractivity contribution in [2.45, 2.75) is 19.4 Å². The molecule has 1 aromatic rings. The maximum Gasteiger partial charge on any atom is 0.303 e. The summed E-state index contributed by atoms with van der Waals surface area (Å²) in [5.41, 5.74) is 6.80. The SMILES string of the molecule is CC(CC(=O)O)C(N)c1cc[nH]c1. The van der Waals surface area contributed by atoms with E-state index in [0.717, 1.165) is 5.56 Å². The average molecular weight is 182 g/mol. The second-order valence-electron chi connectivity index (χ2n) is 3.25. The number of H-pyrrole nitrogens is 1. The summed E-state index contributed by atoms with van der Waals surface area (Å²) < 4.78 is 0. The van der Waals surface area contributed by atoms with Gasteiger partial charge >= 0.3 is 5.97 Å². The first kappa shape index (κ1) is 9.80. The molecule has 0 radical (unpaired) electrons. The van der Waals surface area contributed by atoms with Gasteiger partial charge in [-0.1, -0.05) is 6.92 Å². The topological polar surface area (TPSA) is 79.1 Å². The molecule has 1 rings (SSSR count). The number of carboxylic acids is 1. The highest BCUT2D eigenvalue weighted by Crippen LogP contribution is 2.21. The van der Waals surface area contributed by atoms with E-state index in [-0.39, 0.29) is 18.4 Å². The van der Waals surface area contributed by atoms with Gasteiger partial charge in [-0.2, -0.15) is 0 Å². The Bertz CT molecular complexity index is 269. The molecule has 0 aliphatic carbocycles. The molecule has 2 atom stereocenters. The van der Waals surface area contributed by atoms with Crippen LogP contribution in [0.1, 0.15) is 24.9 Å². The van der Waals surface area contributed by atoms with Crippen molar-refractivity contribution in [3.8, 4) is 0 Å². The number of aromatic amines is 1. The fourth-order valence-electron chi connectivity index (χ4n) is 1.28. The third-order valence-corrected chi connectivity index (χ3v) is 2.12. The number of hydrogen-bond acceptors (Lipinski definition) is 2. The van der Waals surface area contributed by atoms with Crippen molar-refractivity contribution in [3.05, 3.63) is 24.0 Å². The number of hydrogen-bond donors (Lipinski definition) is 3. The zero-order chi connectivity index (χ0) is 9.84. The minimum atomic E-state index is -0.807. The van der Waals surface area contributed by atoms with Gasteiger partial charge in [-0.25, -0.2) is 0 Å². The van der Waals surface area contributed by atoms with Crippen molar-refractivity contribution in [2.75, 3.05) is 0 Å².